The number of rotatable bonds is 6. The van der Waals surface area contributed by atoms with Crippen molar-refractivity contribution in [1.29, 1.82) is 0 Å². The van der Waals surface area contributed by atoms with Crippen LogP contribution in [0.4, 0.5) is 24.7 Å². The van der Waals surface area contributed by atoms with Gasteiger partial charge in [0.05, 0.1) is 6.73 Å². The van der Waals surface area contributed by atoms with E-state index in [1.54, 1.807) is 0 Å². The lowest BCUT2D eigenvalue weighted by Crippen LogP contribution is -2.37. The summed E-state index contributed by atoms with van der Waals surface area (Å²) in [5.74, 6) is -3.34. The normalized spacial score (nSPS) is 20.0. The van der Waals surface area contributed by atoms with Crippen LogP contribution in [-0.4, -0.2) is 57.8 Å². The molecule has 2 aliphatic heterocycles. The summed E-state index contributed by atoms with van der Waals surface area (Å²) >= 11 is 0. The molecule has 0 bridgehead atoms. The third-order valence-electron chi connectivity index (χ3n) is 5.80. The number of halogens is 3. The molecule has 1 N–H and O–H groups in total. The molecule has 11 heteroatoms. The molecular weight excluding hydrogens is 445 g/mol. The predicted octanol–water partition coefficient (Wildman–Crippen LogP) is 3.11. The van der Waals surface area contributed by atoms with Gasteiger partial charge in [-0.1, -0.05) is 6.07 Å². The van der Waals surface area contributed by atoms with Gasteiger partial charge in [-0.2, -0.15) is 4.39 Å². The quantitative estimate of drug-likeness (QED) is 0.654. The fourth-order valence-corrected chi connectivity index (χ4v) is 5.46. The van der Waals surface area contributed by atoms with E-state index in [1.165, 1.54) is 19.1 Å². The molecule has 2 aromatic rings. The van der Waals surface area contributed by atoms with E-state index < -0.39 is 32.5 Å². The Balaban J connectivity index is 1.54. The summed E-state index contributed by atoms with van der Waals surface area (Å²) in [4.78, 5) is 6.39. The Morgan fingerprint density at radius 2 is 2.06 bits per heavy atom. The van der Waals surface area contributed by atoms with Gasteiger partial charge in [0.25, 0.3) is 10.0 Å². The van der Waals surface area contributed by atoms with Gasteiger partial charge in [-0.05, 0) is 43.9 Å². The summed E-state index contributed by atoms with van der Waals surface area (Å²) in [7, 11) is -4.65. The van der Waals surface area contributed by atoms with Crippen LogP contribution in [0.15, 0.2) is 29.2 Å². The average Bonchev–Trinajstić information content (AvgIpc) is 3.19. The number of nitrogens with one attached hydrogen (secondary N) is 1. The minimum atomic E-state index is -4.65. The number of ether oxygens (including phenoxy) is 1. The van der Waals surface area contributed by atoms with Crippen molar-refractivity contribution in [3.8, 4) is 0 Å². The molecule has 0 spiro atoms. The minimum Gasteiger partial charge on any atom is -0.371 e. The van der Waals surface area contributed by atoms with Crippen LogP contribution in [0.2, 0.25) is 0 Å². The topological polar surface area (TPSA) is 74.8 Å². The van der Waals surface area contributed by atoms with Gasteiger partial charge in [-0.15, -0.1) is 0 Å². The van der Waals surface area contributed by atoms with E-state index in [1.807, 2.05) is 9.62 Å². The first kappa shape index (κ1) is 22.8. The van der Waals surface area contributed by atoms with Gasteiger partial charge in [-0.25, -0.2) is 22.2 Å². The van der Waals surface area contributed by atoms with E-state index in [2.05, 4.69) is 9.88 Å². The number of benzene rings is 1. The Labute approximate surface area is 185 Å². The van der Waals surface area contributed by atoms with E-state index in [0.29, 0.717) is 31.4 Å². The highest BCUT2D eigenvalue weighted by Gasteiger charge is 2.32. The lowest BCUT2D eigenvalue weighted by atomic mass is 10.1. The summed E-state index contributed by atoms with van der Waals surface area (Å²) in [5.41, 5.74) is 0.376. The van der Waals surface area contributed by atoms with Crippen LogP contribution < -0.4 is 9.62 Å². The van der Waals surface area contributed by atoms with Crippen LogP contribution in [0.5, 0.6) is 0 Å². The highest BCUT2D eigenvalue weighted by atomic mass is 32.2. The van der Waals surface area contributed by atoms with Crippen LogP contribution in [0.3, 0.4) is 0 Å². The Morgan fingerprint density at radius 3 is 2.78 bits per heavy atom. The van der Waals surface area contributed by atoms with Crippen molar-refractivity contribution >= 4 is 21.5 Å². The number of hydrogen-bond donors (Lipinski definition) is 1. The Kier molecular flexibility index (Phi) is 6.59. The molecule has 2 aliphatic rings. The molecule has 0 amide bonds. The first-order chi connectivity index (χ1) is 15.2. The number of pyridine rings is 1. The van der Waals surface area contributed by atoms with Crippen molar-refractivity contribution in [3.63, 3.8) is 0 Å². The molecular formula is C21H25F3N4O3S. The van der Waals surface area contributed by atoms with E-state index in [9.17, 15) is 17.2 Å². The highest BCUT2D eigenvalue weighted by Crippen LogP contribution is 2.34. The standard InChI is InChI=1S/C21H25F3N4O3S/c1-14-17(28-8-6-15(12-28)11-27-7-3-9-31-13-27)10-16(22)21(20(14)24)32(29,30)26-19-5-2-4-18(23)25-19/h2,4-5,10,15H,3,6-9,11-13H2,1H3,(H,25,26). The van der Waals surface area contributed by atoms with Crippen LogP contribution in [0.25, 0.3) is 0 Å². The van der Waals surface area contributed by atoms with E-state index in [-0.39, 0.29) is 11.4 Å². The van der Waals surface area contributed by atoms with Gasteiger partial charge in [0.2, 0.25) is 5.95 Å². The summed E-state index contributed by atoms with van der Waals surface area (Å²) in [6.45, 7) is 5.85. The van der Waals surface area contributed by atoms with Gasteiger partial charge in [0.1, 0.15) is 11.6 Å². The Bertz CT molecular complexity index is 1090. The molecule has 2 saturated heterocycles. The first-order valence-corrected chi connectivity index (χ1v) is 11.9. The lowest BCUT2D eigenvalue weighted by Gasteiger charge is -2.29. The van der Waals surface area contributed by atoms with Crippen LogP contribution in [-0.2, 0) is 14.8 Å². The largest absolute Gasteiger partial charge is 0.371 e. The van der Waals surface area contributed by atoms with Crippen molar-refractivity contribution in [2.45, 2.75) is 24.7 Å². The van der Waals surface area contributed by atoms with Crippen molar-refractivity contribution in [3.05, 3.63) is 47.4 Å². The van der Waals surface area contributed by atoms with Crippen molar-refractivity contribution in [2.24, 2.45) is 5.92 Å². The average molecular weight is 471 g/mol. The van der Waals surface area contributed by atoms with E-state index in [0.717, 1.165) is 44.7 Å². The zero-order valence-corrected chi connectivity index (χ0v) is 18.5. The molecule has 4 rings (SSSR count). The molecule has 1 atom stereocenters. The summed E-state index contributed by atoms with van der Waals surface area (Å²) in [6.07, 6.45) is 1.85. The van der Waals surface area contributed by atoms with Gasteiger partial charge >= 0.3 is 0 Å². The van der Waals surface area contributed by atoms with Gasteiger partial charge in [-0.3, -0.25) is 9.62 Å². The van der Waals surface area contributed by atoms with Crippen molar-refractivity contribution < 1.29 is 26.3 Å². The molecule has 7 nitrogen and oxygen atoms in total. The van der Waals surface area contributed by atoms with Gasteiger partial charge in [0, 0.05) is 44.0 Å². The van der Waals surface area contributed by atoms with Gasteiger partial charge < -0.3 is 9.64 Å². The molecule has 1 aromatic carbocycles. The SMILES string of the molecule is Cc1c(N2CCC(CN3CCCOC3)C2)cc(F)c(S(=O)(=O)Nc2cccc(F)n2)c1F. The predicted molar refractivity (Wildman–Crippen MR) is 113 cm³/mol. The molecule has 0 radical (unpaired) electrons. The second-order valence-corrected chi connectivity index (χ2v) is 9.78. The molecule has 1 unspecified atom stereocenters. The maximum atomic E-state index is 15.1. The van der Waals surface area contributed by atoms with Gasteiger partial charge in [0.15, 0.2) is 10.7 Å². The van der Waals surface area contributed by atoms with E-state index in [4.69, 9.17) is 4.74 Å². The summed E-state index contributed by atoms with van der Waals surface area (Å²) in [6, 6.07) is 4.51. The number of nitrogens with zero attached hydrogens (tertiary/aromatic N) is 3. The molecule has 0 aliphatic carbocycles. The lowest BCUT2D eigenvalue weighted by molar-refractivity contribution is -0.0191. The molecule has 32 heavy (non-hydrogen) atoms. The maximum Gasteiger partial charge on any atom is 0.268 e. The smallest absolute Gasteiger partial charge is 0.268 e. The summed E-state index contributed by atoms with van der Waals surface area (Å²) < 4.78 is 75.9. The number of sulfonamides is 1. The molecule has 2 fully saturated rings. The molecule has 0 saturated carbocycles. The van der Waals surface area contributed by atoms with Crippen LogP contribution >= 0.6 is 0 Å². The second-order valence-electron chi connectivity index (χ2n) is 8.17. The van der Waals surface area contributed by atoms with E-state index >= 15 is 4.39 Å². The maximum absolute atomic E-state index is 15.1. The zero-order chi connectivity index (χ0) is 22.9. The monoisotopic (exact) mass is 470 g/mol. The van der Waals surface area contributed by atoms with Crippen LogP contribution in [0, 0.1) is 30.4 Å². The zero-order valence-electron chi connectivity index (χ0n) is 17.7. The highest BCUT2D eigenvalue weighted by molar-refractivity contribution is 7.92. The molecule has 174 valence electrons. The Hall–Kier alpha value is -2.37. The molecule has 3 heterocycles. The second kappa shape index (κ2) is 9.24. The minimum absolute atomic E-state index is 0.0425. The summed E-state index contributed by atoms with van der Waals surface area (Å²) in [5, 5.41) is 0. The first-order valence-electron chi connectivity index (χ1n) is 10.4. The Morgan fingerprint density at radius 1 is 1.25 bits per heavy atom. The van der Waals surface area contributed by atoms with Crippen LogP contribution in [0.1, 0.15) is 18.4 Å². The van der Waals surface area contributed by atoms with Crippen molar-refractivity contribution in [1.82, 2.24) is 9.88 Å². The fourth-order valence-electron chi connectivity index (χ4n) is 4.27. The third-order valence-corrected chi connectivity index (χ3v) is 7.19. The van der Waals surface area contributed by atoms with Crippen molar-refractivity contribution in [2.75, 3.05) is 49.1 Å². The number of aromatic nitrogens is 1. The fraction of sp³-hybridized carbons (Fsp3) is 0.476. The number of anilines is 2. The number of hydrogen-bond acceptors (Lipinski definition) is 6. The third kappa shape index (κ3) is 4.84. The molecule has 1 aromatic heterocycles.